The molecule has 0 aliphatic rings. The van der Waals surface area contributed by atoms with Gasteiger partial charge in [0, 0.05) is 0 Å². The van der Waals surface area contributed by atoms with Crippen molar-refractivity contribution < 1.29 is 59.1 Å². The zero-order valence-corrected chi connectivity index (χ0v) is 8.81. The van der Waals surface area contributed by atoms with Gasteiger partial charge < -0.3 is 19.2 Å². The molecule has 0 fully saturated rings. The van der Waals surface area contributed by atoms with Crippen molar-refractivity contribution in [1.29, 1.82) is 0 Å². The first-order chi connectivity index (χ1) is 3.00. The zero-order valence-electron chi connectivity index (χ0n) is 3.47. The van der Waals surface area contributed by atoms with Gasteiger partial charge in [0.15, 0.2) is 12.5 Å². The molecule has 0 rings (SSSR count). The van der Waals surface area contributed by atoms with Gasteiger partial charge in [-0.3, -0.25) is 0 Å². The summed E-state index contributed by atoms with van der Waals surface area (Å²) < 4.78 is 16.4. The van der Waals surface area contributed by atoms with Crippen LogP contribution in [0.25, 0.3) is 0 Å². The van der Waals surface area contributed by atoms with Crippen LogP contribution < -0.4 is 14.7 Å². The van der Waals surface area contributed by atoms with Crippen LogP contribution in [-0.2, 0) is 17.1 Å². The monoisotopic (exact) mass is 282 g/mol. The van der Waals surface area contributed by atoms with E-state index in [0.717, 1.165) is 0 Å². The van der Waals surface area contributed by atoms with Crippen molar-refractivity contribution in [3.8, 4) is 0 Å². The minimum Gasteiger partial charge on any atom is -0.822 e. The number of hydrogen-bond acceptors (Lipinski definition) is 6. The predicted octanol–water partition coefficient (Wildman–Crippen LogP) is -3.16. The maximum absolute atomic E-state index is 8.55. The van der Waals surface area contributed by atoms with Crippen LogP contribution >= 0.6 is 7.82 Å². The molecule has 0 aromatic rings. The van der Waals surface area contributed by atoms with Crippen LogP contribution in [0.15, 0.2) is 0 Å². The van der Waals surface area contributed by atoms with Gasteiger partial charge in [0.25, 0.3) is 0 Å². The Kier molecular flexibility index (Phi) is 16.8. The molecule has 0 N–H and O–H groups in total. The van der Waals surface area contributed by atoms with Crippen LogP contribution in [0.1, 0.15) is 0 Å². The fourth-order valence-corrected chi connectivity index (χ4v) is 0. The SMILES string of the molecule is O=P([O-])([O-])[O-].O=S.[La+3]. The molecule has 0 saturated heterocycles. The van der Waals surface area contributed by atoms with Crippen molar-refractivity contribution in [2.24, 2.45) is 0 Å². The summed E-state index contributed by atoms with van der Waals surface area (Å²) in [5.41, 5.74) is 0. The average molecular weight is 282 g/mol. The van der Waals surface area contributed by atoms with Crippen molar-refractivity contribution >= 4 is 20.4 Å². The van der Waals surface area contributed by atoms with E-state index in [1.807, 2.05) is 0 Å². The minimum absolute atomic E-state index is 0. The Morgan fingerprint density at radius 3 is 1.12 bits per heavy atom. The van der Waals surface area contributed by atoms with Crippen LogP contribution in [0, 0.1) is 35.6 Å². The molecule has 0 aliphatic heterocycles. The van der Waals surface area contributed by atoms with E-state index in [4.69, 9.17) is 23.5 Å². The van der Waals surface area contributed by atoms with Gasteiger partial charge in [0.2, 0.25) is 0 Å². The first kappa shape index (κ1) is 16.2. The van der Waals surface area contributed by atoms with Gasteiger partial charge in [-0.25, -0.2) is 0 Å². The summed E-state index contributed by atoms with van der Waals surface area (Å²) in [6.45, 7) is 0. The van der Waals surface area contributed by atoms with Crippen molar-refractivity contribution in [2.45, 2.75) is 0 Å². The molecule has 8 heavy (non-hydrogen) atoms. The first-order valence-corrected chi connectivity index (χ1v) is 2.69. The second-order valence-electron chi connectivity index (χ2n) is 0.447. The fraction of sp³-hybridized carbons (Fsp3) is 0. The molecule has 0 aromatic heterocycles. The van der Waals surface area contributed by atoms with E-state index in [9.17, 15) is 0 Å². The summed E-state index contributed by atoms with van der Waals surface area (Å²) in [5, 5.41) is 0. The Morgan fingerprint density at radius 1 is 1.12 bits per heavy atom. The first-order valence-electron chi connectivity index (χ1n) is 0.897. The molecule has 0 saturated carbocycles. The van der Waals surface area contributed by atoms with Gasteiger partial charge in [0.05, 0.1) is 0 Å². The van der Waals surface area contributed by atoms with E-state index in [2.05, 4.69) is 12.5 Å². The molecule has 0 aromatic carbocycles. The van der Waals surface area contributed by atoms with Crippen LogP contribution in [0.5, 0.6) is 0 Å². The van der Waals surface area contributed by atoms with E-state index in [1.54, 1.807) is 0 Å². The number of hydrogen-bond donors (Lipinski definition) is 0. The number of phosphoric acid groups is 1. The molecule has 0 heterocycles. The molecule has 0 atom stereocenters. The van der Waals surface area contributed by atoms with Gasteiger partial charge in [0.1, 0.15) is 0 Å². The van der Waals surface area contributed by atoms with Crippen molar-refractivity contribution in [1.82, 2.24) is 0 Å². The minimum atomic E-state index is -5.39. The summed E-state index contributed by atoms with van der Waals surface area (Å²) >= 11 is 2.83. The molecule has 0 bridgehead atoms. The molecule has 0 amide bonds. The van der Waals surface area contributed by atoms with Crippen LogP contribution in [0.4, 0.5) is 0 Å². The molecular weight excluding hydrogens is 282 g/mol. The third-order valence-electron chi connectivity index (χ3n) is 0. The second kappa shape index (κ2) is 8.32. The summed E-state index contributed by atoms with van der Waals surface area (Å²) in [7, 11) is -5.39. The van der Waals surface area contributed by atoms with E-state index >= 15 is 0 Å². The molecular formula is LaO5PS. The summed E-state index contributed by atoms with van der Waals surface area (Å²) in [5.74, 6) is 0. The summed E-state index contributed by atoms with van der Waals surface area (Å²) in [4.78, 5) is 25.6. The normalized spacial score (nSPS) is 7.88. The van der Waals surface area contributed by atoms with Gasteiger partial charge in [-0.15, -0.1) is 0 Å². The van der Waals surface area contributed by atoms with Crippen molar-refractivity contribution in [3.63, 3.8) is 0 Å². The third-order valence-corrected chi connectivity index (χ3v) is 0. The Hall–Kier alpha value is 1.32. The quantitative estimate of drug-likeness (QED) is 0.434. The summed E-state index contributed by atoms with van der Waals surface area (Å²) in [6.07, 6.45) is 0. The molecule has 0 aliphatic carbocycles. The average Bonchev–Trinajstić information content (AvgIpc) is 1.36. The molecule has 0 spiro atoms. The van der Waals surface area contributed by atoms with Gasteiger partial charge in [-0.1, -0.05) is 0 Å². The maximum Gasteiger partial charge on any atom is 3.00 e. The van der Waals surface area contributed by atoms with Gasteiger partial charge in [-0.2, -0.15) is 12.0 Å². The Morgan fingerprint density at radius 2 is 1.12 bits per heavy atom. The molecule has 0 radical (unpaired) electrons. The van der Waals surface area contributed by atoms with E-state index in [-0.39, 0.29) is 35.6 Å². The van der Waals surface area contributed by atoms with Crippen LogP contribution in [0.2, 0.25) is 0 Å². The fourth-order valence-electron chi connectivity index (χ4n) is 0. The van der Waals surface area contributed by atoms with E-state index in [1.165, 1.54) is 0 Å². The Balaban J connectivity index is -0.0000000750. The smallest absolute Gasteiger partial charge is 0.822 e. The standard InChI is InChI=1S/La.H3O4P.OS/c;1-5(2,3)4;1-2/h;(H3,1,2,3,4);/q+3;;/p-3. The van der Waals surface area contributed by atoms with Crippen molar-refractivity contribution in [3.05, 3.63) is 0 Å². The molecule has 5 nitrogen and oxygen atoms in total. The largest absolute Gasteiger partial charge is 3.00 e. The second-order valence-corrected chi connectivity index (χ2v) is 1.34. The Bertz CT molecular complexity index is 68.2. The third kappa shape index (κ3) is 167. The maximum atomic E-state index is 8.55. The van der Waals surface area contributed by atoms with Crippen LogP contribution in [-0.4, -0.2) is 4.21 Å². The summed E-state index contributed by atoms with van der Waals surface area (Å²) in [6, 6.07) is 0. The van der Waals surface area contributed by atoms with Crippen LogP contribution in [0.3, 0.4) is 0 Å². The topological polar surface area (TPSA) is 103 Å². The van der Waals surface area contributed by atoms with Crippen molar-refractivity contribution in [2.75, 3.05) is 0 Å². The Labute approximate surface area is 78.9 Å². The molecule has 0 unspecified atom stereocenters. The molecule has 44 valence electrons. The van der Waals surface area contributed by atoms with Gasteiger partial charge >= 0.3 is 35.6 Å². The predicted molar refractivity (Wildman–Crippen MR) is 15.7 cm³/mol. The zero-order chi connectivity index (χ0) is 6.50. The van der Waals surface area contributed by atoms with E-state index < -0.39 is 7.82 Å². The molecule has 8 heteroatoms. The van der Waals surface area contributed by atoms with Gasteiger partial charge in [-0.05, 0) is 0 Å². The number of rotatable bonds is 0. The van der Waals surface area contributed by atoms with E-state index in [0.29, 0.717) is 0 Å².